The third-order valence-electron chi connectivity index (χ3n) is 4.92. The van der Waals surface area contributed by atoms with Gasteiger partial charge in [-0.2, -0.15) is 0 Å². The van der Waals surface area contributed by atoms with E-state index in [1.54, 1.807) is 24.3 Å². The van der Waals surface area contributed by atoms with E-state index in [9.17, 15) is 10.2 Å². The Morgan fingerprint density at radius 2 is 1.96 bits per heavy atom. The highest BCUT2D eigenvalue weighted by Crippen LogP contribution is 2.30. The van der Waals surface area contributed by atoms with Crippen LogP contribution < -0.4 is 4.74 Å². The van der Waals surface area contributed by atoms with Gasteiger partial charge in [-0.1, -0.05) is 25.1 Å². The molecule has 0 amide bonds. The summed E-state index contributed by atoms with van der Waals surface area (Å²) in [5.41, 5.74) is 2.39. The van der Waals surface area contributed by atoms with Crippen molar-refractivity contribution in [3.8, 4) is 17.2 Å². The first-order chi connectivity index (χ1) is 12.2. The van der Waals surface area contributed by atoms with E-state index < -0.39 is 0 Å². The highest BCUT2D eigenvalue weighted by atomic mass is 16.5. The number of benzene rings is 2. The Hall–Kier alpha value is -2.20. The first-order valence-electron chi connectivity index (χ1n) is 9.13. The van der Waals surface area contributed by atoms with Crippen molar-refractivity contribution in [2.24, 2.45) is 0 Å². The van der Waals surface area contributed by atoms with E-state index in [4.69, 9.17) is 4.74 Å². The van der Waals surface area contributed by atoms with Crippen LogP contribution in [0, 0.1) is 0 Å². The van der Waals surface area contributed by atoms with E-state index in [1.807, 2.05) is 12.1 Å². The van der Waals surface area contributed by atoms with E-state index in [-0.39, 0.29) is 5.75 Å². The van der Waals surface area contributed by atoms with Crippen LogP contribution in [0.15, 0.2) is 42.5 Å². The highest BCUT2D eigenvalue weighted by molar-refractivity contribution is 5.41. The van der Waals surface area contributed by atoms with E-state index in [1.165, 1.54) is 5.56 Å². The average Bonchev–Trinajstić information content (AvgIpc) is 2.61. The molecule has 2 N–H and O–H groups in total. The first-order valence-corrected chi connectivity index (χ1v) is 9.13. The summed E-state index contributed by atoms with van der Waals surface area (Å²) >= 11 is 0. The Bertz CT molecular complexity index is 701. The minimum Gasteiger partial charge on any atom is -0.508 e. The SMILES string of the molecule is CCCN(CCOc1cccc(O)c1)C1CCc2c(O)cccc2C1. The maximum absolute atomic E-state index is 10.0. The second-order valence-electron chi connectivity index (χ2n) is 6.69. The zero-order valence-electron chi connectivity index (χ0n) is 14.8. The third-order valence-corrected chi connectivity index (χ3v) is 4.92. The lowest BCUT2D eigenvalue weighted by Gasteiger charge is -2.35. The van der Waals surface area contributed by atoms with Crippen molar-refractivity contribution in [1.29, 1.82) is 0 Å². The van der Waals surface area contributed by atoms with Crippen molar-refractivity contribution >= 4 is 0 Å². The Labute approximate surface area is 149 Å². The van der Waals surface area contributed by atoms with Crippen LogP contribution in [0.25, 0.3) is 0 Å². The summed E-state index contributed by atoms with van der Waals surface area (Å²) in [5.74, 6) is 1.37. The van der Waals surface area contributed by atoms with Gasteiger partial charge in [-0.15, -0.1) is 0 Å². The molecule has 134 valence electrons. The molecular formula is C21H27NO3. The number of phenols is 2. The molecule has 0 saturated carbocycles. The molecule has 1 unspecified atom stereocenters. The molecule has 0 aromatic heterocycles. The number of nitrogens with zero attached hydrogens (tertiary/aromatic N) is 1. The molecular weight excluding hydrogens is 314 g/mol. The normalized spacial score (nSPS) is 16.6. The second kappa shape index (κ2) is 8.26. The van der Waals surface area contributed by atoms with E-state index >= 15 is 0 Å². The van der Waals surface area contributed by atoms with Gasteiger partial charge in [-0.05, 0) is 61.6 Å². The number of hydrogen-bond acceptors (Lipinski definition) is 4. The van der Waals surface area contributed by atoms with Gasteiger partial charge in [0.25, 0.3) is 0 Å². The van der Waals surface area contributed by atoms with Crippen LogP contribution >= 0.6 is 0 Å². The van der Waals surface area contributed by atoms with Crippen LogP contribution in [0.5, 0.6) is 17.2 Å². The summed E-state index contributed by atoms with van der Waals surface area (Å²) in [6.07, 6.45) is 4.09. The van der Waals surface area contributed by atoms with Gasteiger partial charge in [-0.25, -0.2) is 0 Å². The minimum atomic E-state index is 0.228. The van der Waals surface area contributed by atoms with Crippen molar-refractivity contribution in [2.75, 3.05) is 19.7 Å². The Balaban J connectivity index is 1.59. The zero-order valence-corrected chi connectivity index (χ0v) is 14.8. The molecule has 3 rings (SSSR count). The standard InChI is InChI=1S/C21H27NO3/c1-2-11-22(12-13-25-19-7-4-6-18(23)15-19)17-9-10-20-16(14-17)5-3-8-21(20)24/h3-8,15,17,23-24H,2,9-14H2,1H3. The number of aromatic hydroxyl groups is 2. The number of fused-ring (bicyclic) bond motifs is 1. The minimum absolute atomic E-state index is 0.228. The molecule has 0 fully saturated rings. The lowest BCUT2D eigenvalue weighted by molar-refractivity contribution is 0.147. The summed E-state index contributed by atoms with van der Waals surface area (Å²) < 4.78 is 5.80. The van der Waals surface area contributed by atoms with Crippen molar-refractivity contribution in [1.82, 2.24) is 4.90 Å². The predicted molar refractivity (Wildman–Crippen MR) is 99.4 cm³/mol. The molecule has 0 bridgehead atoms. The van der Waals surface area contributed by atoms with Crippen molar-refractivity contribution < 1.29 is 14.9 Å². The predicted octanol–water partition coefficient (Wildman–Crippen LogP) is 3.75. The summed E-state index contributed by atoms with van der Waals surface area (Å²) in [6.45, 7) is 4.71. The maximum Gasteiger partial charge on any atom is 0.123 e. The van der Waals surface area contributed by atoms with Crippen molar-refractivity contribution in [2.45, 2.75) is 38.6 Å². The van der Waals surface area contributed by atoms with Gasteiger partial charge in [0.2, 0.25) is 0 Å². The van der Waals surface area contributed by atoms with Gasteiger partial charge in [0, 0.05) is 18.7 Å². The van der Waals surface area contributed by atoms with E-state index in [0.717, 1.165) is 44.3 Å². The fourth-order valence-corrected chi connectivity index (χ4v) is 3.70. The summed E-state index contributed by atoms with van der Waals surface area (Å²) in [6, 6.07) is 13.3. The smallest absolute Gasteiger partial charge is 0.123 e. The fraction of sp³-hybridized carbons (Fsp3) is 0.429. The zero-order chi connectivity index (χ0) is 17.6. The Morgan fingerprint density at radius 3 is 2.76 bits per heavy atom. The molecule has 0 saturated heterocycles. The molecule has 2 aromatic carbocycles. The summed E-state index contributed by atoms with van der Waals surface area (Å²) in [5, 5.41) is 19.5. The van der Waals surface area contributed by atoms with Gasteiger partial charge in [-0.3, -0.25) is 4.90 Å². The monoisotopic (exact) mass is 341 g/mol. The third kappa shape index (κ3) is 4.45. The molecule has 0 radical (unpaired) electrons. The number of phenolic OH excluding ortho intramolecular Hbond substituents is 2. The number of rotatable bonds is 7. The lowest BCUT2D eigenvalue weighted by atomic mass is 9.87. The summed E-state index contributed by atoms with van der Waals surface area (Å²) in [7, 11) is 0. The molecule has 0 heterocycles. The van der Waals surface area contributed by atoms with E-state index in [2.05, 4.69) is 17.9 Å². The van der Waals surface area contributed by atoms with Gasteiger partial charge in [0.15, 0.2) is 0 Å². The van der Waals surface area contributed by atoms with Gasteiger partial charge in [0.05, 0.1) is 0 Å². The Kier molecular flexibility index (Phi) is 5.82. The Morgan fingerprint density at radius 1 is 1.12 bits per heavy atom. The van der Waals surface area contributed by atoms with Crippen molar-refractivity contribution in [3.05, 3.63) is 53.6 Å². The molecule has 25 heavy (non-hydrogen) atoms. The van der Waals surface area contributed by atoms with Crippen LogP contribution in [0.2, 0.25) is 0 Å². The quantitative estimate of drug-likeness (QED) is 0.805. The average molecular weight is 341 g/mol. The van der Waals surface area contributed by atoms with Crippen LogP contribution in [-0.4, -0.2) is 40.9 Å². The lowest BCUT2D eigenvalue weighted by Crippen LogP contribution is -2.42. The molecule has 1 aliphatic rings. The summed E-state index contributed by atoms with van der Waals surface area (Å²) in [4.78, 5) is 2.50. The van der Waals surface area contributed by atoms with Crippen LogP contribution in [0.1, 0.15) is 30.9 Å². The number of ether oxygens (including phenoxy) is 1. The van der Waals surface area contributed by atoms with Crippen LogP contribution in [0.3, 0.4) is 0 Å². The topological polar surface area (TPSA) is 52.9 Å². The van der Waals surface area contributed by atoms with Gasteiger partial charge < -0.3 is 14.9 Å². The highest BCUT2D eigenvalue weighted by Gasteiger charge is 2.25. The molecule has 0 spiro atoms. The van der Waals surface area contributed by atoms with Crippen LogP contribution in [0.4, 0.5) is 0 Å². The molecule has 2 aromatic rings. The van der Waals surface area contributed by atoms with Crippen molar-refractivity contribution in [3.63, 3.8) is 0 Å². The first kappa shape index (κ1) is 17.6. The molecule has 4 heteroatoms. The van der Waals surface area contributed by atoms with E-state index in [0.29, 0.717) is 24.1 Å². The molecule has 1 atom stereocenters. The van der Waals surface area contributed by atoms with Crippen LogP contribution in [-0.2, 0) is 12.8 Å². The molecule has 0 aliphatic heterocycles. The second-order valence-corrected chi connectivity index (χ2v) is 6.69. The largest absolute Gasteiger partial charge is 0.508 e. The fourth-order valence-electron chi connectivity index (χ4n) is 3.70. The van der Waals surface area contributed by atoms with Gasteiger partial charge in [0.1, 0.15) is 23.9 Å². The molecule has 1 aliphatic carbocycles. The van der Waals surface area contributed by atoms with Gasteiger partial charge >= 0.3 is 0 Å². The maximum atomic E-state index is 10.0. The number of hydrogen-bond donors (Lipinski definition) is 2. The molecule has 4 nitrogen and oxygen atoms in total.